The van der Waals surface area contributed by atoms with E-state index in [4.69, 9.17) is 11.0 Å². The van der Waals surface area contributed by atoms with Gasteiger partial charge in [-0.2, -0.15) is 5.26 Å². The number of halogens is 2. The van der Waals surface area contributed by atoms with E-state index in [0.717, 1.165) is 20.3 Å². The number of hydrogen-bond donors (Lipinski definition) is 2. The van der Waals surface area contributed by atoms with Gasteiger partial charge in [-0.25, -0.2) is 0 Å². The second-order valence-corrected chi connectivity index (χ2v) is 5.43. The maximum absolute atomic E-state index is 8.78. The number of nitrogens with one attached hydrogen (secondary N) is 1. The molecule has 0 heterocycles. The van der Waals surface area contributed by atoms with Crippen molar-refractivity contribution in [2.75, 3.05) is 11.1 Å². The highest BCUT2D eigenvalue weighted by molar-refractivity contribution is 9.11. The number of rotatable bonds is 2. The zero-order chi connectivity index (χ0) is 13.1. The lowest BCUT2D eigenvalue weighted by Crippen LogP contribution is -1.97. The Labute approximate surface area is 122 Å². The molecule has 90 valence electrons. The van der Waals surface area contributed by atoms with Crippen molar-refractivity contribution < 1.29 is 0 Å². The van der Waals surface area contributed by atoms with E-state index in [2.05, 4.69) is 43.2 Å². The van der Waals surface area contributed by atoms with Crippen molar-refractivity contribution in [2.24, 2.45) is 0 Å². The third kappa shape index (κ3) is 2.84. The minimum atomic E-state index is 0.543. The Balaban J connectivity index is 2.34. The number of nitrogens with zero attached hydrogens (tertiary/aromatic N) is 1. The molecule has 3 nitrogen and oxygen atoms in total. The van der Waals surface area contributed by atoms with E-state index in [1.165, 1.54) is 0 Å². The Morgan fingerprint density at radius 2 is 1.83 bits per heavy atom. The van der Waals surface area contributed by atoms with E-state index >= 15 is 0 Å². The quantitative estimate of drug-likeness (QED) is 0.774. The first kappa shape index (κ1) is 12.9. The molecule has 0 atom stereocenters. The van der Waals surface area contributed by atoms with Gasteiger partial charge in [0.15, 0.2) is 0 Å². The summed E-state index contributed by atoms with van der Waals surface area (Å²) in [7, 11) is 0. The Kier molecular flexibility index (Phi) is 3.90. The van der Waals surface area contributed by atoms with Crippen molar-refractivity contribution in [1.82, 2.24) is 0 Å². The monoisotopic (exact) mass is 365 g/mol. The summed E-state index contributed by atoms with van der Waals surface area (Å²) >= 11 is 6.88. The van der Waals surface area contributed by atoms with Gasteiger partial charge >= 0.3 is 0 Å². The number of nitriles is 1. The molecule has 0 radical (unpaired) electrons. The molecule has 0 aliphatic rings. The number of nitrogens with two attached hydrogens (primary N) is 1. The van der Waals surface area contributed by atoms with Crippen LogP contribution >= 0.6 is 31.9 Å². The predicted octanol–water partition coefficient (Wildman–Crippen LogP) is 4.41. The van der Waals surface area contributed by atoms with Gasteiger partial charge in [-0.1, -0.05) is 15.9 Å². The molecule has 0 amide bonds. The molecule has 0 saturated heterocycles. The summed E-state index contributed by atoms with van der Waals surface area (Å²) in [4.78, 5) is 0. The van der Waals surface area contributed by atoms with E-state index in [0.29, 0.717) is 11.3 Å². The average Bonchev–Trinajstić information content (AvgIpc) is 2.36. The predicted molar refractivity (Wildman–Crippen MR) is 80.7 cm³/mol. The van der Waals surface area contributed by atoms with E-state index in [1.54, 1.807) is 18.2 Å². The fraction of sp³-hybridized carbons (Fsp3) is 0. The minimum Gasteiger partial charge on any atom is -0.397 e. The van der Waals surface area contributed by atoms with Crippen LogP contribution < -0.4 is 11.1 Å². The highest BCUT2D eigenvalue weighted by atomic mass is 79.9. The molecule has 0 saturated carbocycles. The Hall–Kier alpha value is -1.51. The first-order chi connectivity index (χ1) is 8.60. The third-order valence-electron chi connectivity index (χ3n) is 2.38. The van der Waals surface area contributed by atoms with Gasteiger partial charge in [-0.3, -0.25) is 0 Å². The van der Waals surface area contributed by atoms with Crippen LogP contribution in [-0.4, -0.2) is 0 Å². The Bertz CT molecular complexity index is 633. The third-order valence-corrected chi connectivity index (χ3v) is 3.56. The largest absolute Gasteiger partial charge is 0.397 e. The lowest BCUT2D eigenvalue weighted by Gasteiger charge is -2.11. The summed E-state index contributed by atoms with van der Waals surface area (Å²) in [5.74, 6) is 0. The number of benzene rings is 2. The molecule has 2 aromatic carbocycles. The number of hydrogen-bond acceptors (Lipinski definition) is 3. The molecule has 0 aliphatic heterocycles. The minimum absolute atomic E-state index is 0.543. The van der Waals surface area contributed by atoms with E-state index < -0.39 is 0 Å². The molecule has 0 unspecified atom stereocenters. The Morgan fingerprint density at radius 3 is 2.50 bits per heavy atom. The van der Waals surface area contributed by atoms with Crippen LogP contribution in [0.25, 0.3) is 0 Å². The van der Waals surface area contributed by atoms with Gasteiger partial charge in [0.1, 0.15) is 0 Å². The summed E-state index contributed by atoms with van der Waals surface area (Å²) in [6, 6.07) is 13.0. The van der Waals surface area contributed by atoms with E-state index in [-0.39, 0.29) is 0 Å². The van der Waals surface area contributed by atoms with Crippen molar-refractivity contribution in [3.05, 3.63) is 50.9 Å². The van der Waals surface area contributed by atoms with Crippen LogP contribution in [0.3, 0.4) is 0 Å². The highest BCUT2D eigenvalue weighted by Crippen LogP contribution is 2.31. The molecule has 3 N–H and O–H groups in total. The smallest absolute Gasteiger partial charge is 0.0992 e. The molecule has 0 fully saturated rings. The lowest BCUT2D eigenvalue weighted by molar-refractivity contribution is 1.47. The molecule has 0 aromatic heterocycles. The zero-order valence-electron chi connectivity index (χ0n) is 9.24. The molecule has 2 rings (SSSR count). The number of nitrogen functional groups attached to an aromatic ring is 1. The molecule has 5 heteroatoms. The van der Waals surface area contributed by atoms with Gasteiger partial charge in [0.2, 0.25) is 0 Å². The van der Waals surface area contributed by atoms with Crippen LogP contribution in [0.4, 0.5) is 17.1 Å². The first-order valence-corrected chi connectivity index (χ1v) is 6.70. The van der Waals surface area contributed by atoms with Crippen LogP contribution in [0.2, 0.25) is 0 Å². The van der Waals surface area contributed by atoms with Crippen LogP contribution in [0.1, 0.15) is 5.56 Å². The van der Waals surface area contributed by atoms with Gasteiger partial charge in [-0.15, -0.1) is 0 Å². The van der Waals surface area contributed by atoms with Gasteiger partial charge in [-0.05, 0) is 52.3 Å². The first-order valence-electron chi connectivity index (χ1n) is 5.12. The SMILES string of the molecule is N#Cc1ccc(Nc2cc(Br)ccc2Br)c(N)c1. The van der Waals surface area contributed by atoms with Crippen molar-refractivity contribution in [1.29, 1.82) is 5.26 Å². The maximum Gasteiger partial charge on any atom is 0.0992 e. The molecule has 0 spiro atoms. The van der Waals surface area contributed by atoms with Crippen LogP contribution in [0.5, 0.6) is 0 Å². The van der Waals surface area contributed by atoms with Gasteiger partial charge < -0.3 is 11.1 Å². The number of anilines is 3. The summed E-state index contributed by atoms with van der Waals surface area (Å²) in [6.45, 7) is 0. The topological polar surface area (TPSA) is 61.8 Å². The standard InChI is InChI=1S/C13H9Br2N3/c14-9-2-3-10(15)13(6-9)18-12-4-1-8(7-16)5-11(12)17/h1-6,18H,17H2. The summed E-state index contributed by atoms with van der Waals surface area (Å²) < 4.78 is 1.91. The van der Waals surface area contributed by atoms with E-state index in [1.807, 2.05) is 18.2 Å². The van der Waals surface area contributed by atoms with E-state index in [9.17, 15) is 0 Å². The molecular weight excluding hydrogens is 358 g/mol. The molecular formula is C13H9Br2N3. The van der Waals surface area contributed by atoms with Crippen molar-refractivity contribution in [3.63, 3.8) is 0 Å². The van der Waals surface area contributed by atoms with Crippen molar-refractivity contribution in [3.8, 4) is 6.07 Å². The maximum atomic E-state index is 8.78. The molecule has 0 bridgehead atoms. The fourth-order valence-electron chi connectivity index (χ4n) is 1.48. The second-order valence-electron chi connectivity index (χ2n) is 3.66. The average molecular weight is 367 g/mol. The van der Waals surface area contributed by atoms with Crippen LogP contribution in [-0.2, 0) is 0 Å². The van der Waals surface area contributed by atoms with Crippen LogP contribution in [0, 0.1) is 11.3 Å². The summed E-state index contributed by atoms with van der Waals surface area (Å²) in [6.07, 6.45) is 0. The highest BCUT2D eigenvalue weighted by Gasteiger charge is 2.04. The van der Waals surface area contributed by atoms with Crippen molar-refractivity contribution in [2.45, 2.75) is 0 Å². The van der Waals surface area contributed by atoms with Gasteiger partial charge in [0.05, 0.1) is 28.7 Å². The molecule has 18 heavy (non-hydrogen) atoms. The second kappa shape index (κ2) is 5.42. The van der Waals surface area contributed by atoms with Crippen molar-refractivity contribution >= 4 is 48.9 Å². The molecule has 0 aliphatic carbocycles. The molecule has 2 aromatic rings. The van der Waals surface area contributed by atoms with Gasteiger partial charge in [0, 0.05) is 8.95 Å². The fourth-order valence-corrected chi connectivity index (χ4v) is 2.19. The Morgan fingerprint density at radius 1 is 1.06 bits per heavy atom. The van der Waals surface area contributed by atoms with Crippen LogP contribution in [0.15, 0.2) is 45.3 Å². The lowest BCUT2D eigenvalue weighted by atomic mass is 10.2. The summed E-state index contributed by atoms with van der Waals surface area (Å²) in [5.41, 5.74) is 8.66. The zero-order valence-corrected chi connectivity index (χ0v) is 12.4. The normalized spacial score (nSPS) is 9.83. The van der Waals surface area contributed by atoms with Gasteiger partial charge in [0.25, 0.3) is 0 Å². The summed E-state index contributed by atoms with van der Waals surface area (Å²) in [5, 5.41) is 12.0.